The summed E-state index contributed by atoms with van der Waals surface area (Å²) in [5.41, 5.74) is 0.283. The summed E-state index contributed by atoms with van der Waals surface area (Å²) >= 11 is 0. The number of piperazine rings is 1. The van der Waals surface area contributed by atoms with Crippen LogP contribution < -0.4 is 5.32 Å². The molecule has 0 radical (unpaired) electrons. The standard InChI is InChI=1S/C16H31N3/c1-16(2,19-11-9-18(3)10-12-19)14-17-13-15-7-5-4-6-8-15/h4-5,15,17H,6-14H2,1-3H3. The van der Waals surface area contributed by atoms with E-state index in [1.807, 2.05) is 0 Å². The highest BCUT2D eigenvalue weighted by Crippen LogP contribution is 2.19. The highest BCUT2D eigenvalue weighted by atomic mass is 15.3. The summed E-state index contributed by atoms with van der Waals surface area (Å²) in [5, 5.41) is 3.71. The lowest BCUT2D eigenvalue weighted by Gasteiger charge is -2.43. The van der Waals surface area contributed by atoms with Gasteiger partial charge in [0.05, 0.1) is 0 Å². The summed E-state index contributed by atoms with van der Waals surface area (Å²) < 4.78 is 0. The summed E-state index contributed by atoms with van der Waals surface area (Å²) in [4.78, 5) is 5.06. The van der Waals surface area contributed by atoms with Gasteiger partial charge in [0.1, 0.15) is 0 Å². The summed E-state index contributed by atoms with van der Waals surface area (Å²) in [6, 6.07) is 0. The molecule has 1 aliphatic carbocycles. The van der Waals surface area contributed by atoms with Gasteiger partial charge in [-0.05, 0) is 52.6 Å². The van der Waals surface area contributed by atoms with Crippen molar-refractivity contribution in [2.75, 3.05) is 46.3 Å². The second-order valence-corrected chi connectivity index (χ2v) is 6.88. The molecule has 1 N–H and O–H groups in total. The molecule has 2 aliphatic rings. The minimum atomic E-state index is 0.283. The first-order valence-corrected chi connectivity index (χ1v) is 7.87. The molecule has 0 aromatic rings. The van der Waals surface area contributed by atoms with Crippen molar-refractivity contribution in [1.29, 1.82) is 0 Å². The van der Waals surface area contributed by atoms with E-state index in [1.165, 1.54) is 52.0 Å². The Morgan fingerprint density at radius 1 is 1.16 bits per heavy atom. The topological polar surface area (TPSA) is 18.5 Å². The quantitative estimate of drug-likeness (QED) is 0.767. The fourth-order valence-electron chi connectivity index (χ4n) is 3.15. The Morgan fingerprint density at radius 3 is 2.53 bits per heavy atom. The first-order chi connectivity index (χ1) is 9.08. The molecule has 1 heterocycles. The van der Waals surface area contributed by atoms with Crippen LogP contribution in [0, 0.1) is 5.92 Å². The molecule has 1 unspecified atom stereocenters. The van der Waals surface area contributed by atoms with E-state index in [0.29, 0.717) is 0 Å². The van der Waals surface area contributed by atoms with E-state index in [0.717, 1.165) is 12.5 Å². The predicted octanol–water partition coefficient (Wildman–Crippen LogP) is 1.96. The second-order valence-electron chi connectivity index (χ2n) is 6.88. The number of nitrogens with one attached hydrogen (secondary N) is 1. The maximum absolute atomic E-state index is 3.71. The number of nitrogens with zero attached hydrogens (tertiary/aromatic N) is 2. The van der Waals surface area contributed by atoms with E-state index in [4.69, 9.17) is 0 Å². The Morgan fingerprint density at radius 2 is 1.89 bits per heavy atom. The number of rotatable bonds is 5. The summed E-state index contributed by atoms with van der Waals surface area (Å²) in [5.74, 6) is 0.855. The molecule has 3 nitrogen and oxygen atoms in total. The molecular formula is C16H31N3. The zero-order valence-corrected chi connectivity index (χ0v) is 13.0. The second kappa shape index (κ2) is 6.87. The molecule has 3 heteroatoms. The maximum Gasteiger partial charge on any atom is 0.0278 e. The van der Waals surface area contributed by atoms with Crippen LogP contribution in [0.5, 0.6) is 0 Å². The molecule has 0 aromatic carbocycles. The Bertz CT molecular complexity index is 290. The molecular weight excluding hydrogens is 234 g/mol. The van der Waals surface area contributed by atoms with Crippen LogP contribution in [0.1, 0.15) is 33.1 Å². The van der Waals surface area contributed by atoms with Gasteiger partial charge in [-0.15, -0.1) is 0 Å². The van der Waals surface area contributed by atoms with Gasteiger partial charge in [-0.3, -0.25) is 4.90 Å². The van der Waals surface area contributed by atoms with E-state index in [-0.39, 0.29) is 5.54 Å². The van der Waals surface area contributed by atoms with Gasteiger partial charge in [-0.2, -0.15) is 0 Å². The maximum atomic E-state index is 3.71. The number of allylic oxidation sites excluding steroid dienone is 2. The SMILES string of the molecule is CN1CCN(C(C)(C)CNCC2CC=CCC2)CC1. The van der Waals surface area contributed by atoms with Crippen LogP contribution in [-0.2, 0) is 0 Å². The predicted molar refractivity (Wildman–Crippen MR) is 82.5 cm³/mol. The van der Waals surface area contributed by atoms with Crippen molar-refractivity contribution in [3.05, 3.63) is 12.2 Å². The molecule has 19 heavy (non-hydrogen) atoms. The Hall–Kier alpha value is -0.380. The van der Waals surface area contributed by atoms with Crippen LogP contribution in [0.15, 0.2) is 12.2 Å². The van der Waals surface area contributed by atoms with Gasteiger partial charge in [-0.1, -0.05) is 12.2 Å². The lowest BCUT2D eigenvalue weighted by atomic mass is 9.94. The third-order valence-corrected chi connectivity index (χ3v) is 4.73. The van der Waals surface area contributed by atoms with Gasteiger partial charge in [0.25, 0.3) is 0 Å². The molecule has 1 saturated heterocycles. The summed E-state index contributed by atoms with van der Waals surface area (Å²) in [7, 11) is 2.22. The minimum absolute atomic E-state index is 0.283. The smallest absolute Gasteiger partial charge is 0.0278 e. The average Bonchev–Trinajstić information content (AvgIpc) is 2.40. The third-order valence-electron chi connectivity index (χ3n) is 4.73. The molecule has 1 fully saturated rings. The molecule has 0 spiro atoms. The molecule has 1 atom stereocenters. The van der Waals surface area contributed by atoms with E-state index < -0.39 is 0 Å². The van der Waals surface area contributed by atoms with Gasteiger partial charge in [-0.25, -0.2) is 0 Å². The van der Waals surface area contributed by atoms with Crippen molar-refractivity contribution in [3.63, 3.8) is 0 Å². The third kappa shape index (κ3) is 4.59. The summed E-state index contributed by atoms with van der Waals surface area (Å²) in [6.07, 6.45) is 8.57. The zero-order chi connectivity index (χ0) is 13.7. The summed E-state index contributed by atoms with van der Waals surface area (Å²) in [6.45, 7) is 11.9. The molecule has 0 saturated carbocycles. The molecule has 0 aromatic heterocycles. The Balaban J connectivity index is 1.69. The first kappa shape index (κ1) is 15.0. The van der Waals surface area contributed by atoms with E-state index in [9.17, 15) is 0 Å². The van der Waals surface area contributed by atoms with Crippen molar-refractivity contribution in [1.82, 2.24) is 15.1 Å². The normalized spacial score (nSPS) is 26.8. The van der Waals surface area contributed by atoms with Gasteiger partial charge >= 0.3 is 0 Å². The van der Waals surface area contributed by atoms with Crippen LogP contribution in [0.25, 0.3) is 0 Å². The van der Waals surface area contributed by atoms with Crippen LogP contribution in [0.3, 0.4) is 0 Å². The molecule has 0 bridgehead atoms. The van der Waals surface area contributed by atoms with E-state index >= 15 is 0 Å². The fraction of sp³-hybridized carbons (Fsp3) is 0.875. The van der Waals surface area contributed by atoms with Crippen molar-refractivity contribution in [2.45, 2.75) is 38.6 Å². The highest BCUT2D eigenvalue weighted by Gasteiger charge is 2.28. The average molecular weight is 265 g/mol. The van der Waals surface area contributed by atoms with Crippen molar-refractivity contribution in [3.8, 4) is 0 Å². The van der Waals surface area contributed by atoms with Crippen LogP contribution in [-0.4, -0.2) is 61.7 Å². The lowest BCUT2D eigenvalue weighted by molar-refractivity contribution is 0.0613. The molecule has 2 rings (SSSR count). The molecule has 0 amide bonds. The number of hydrogen-bond acceptors (Lipinski definition) is 3. The number of likely N-dealkylation sites (N-methyl/N-ethyl adjacent to an activating group) is 1. The fourth-order valence-corrected chi connectivity index (χ4v) is 3.15. The minimum Gasteiger partial charge on any atom is -0.315 e. The largest absolute Gasteiger partial charge is 0.315 e. The molecule has 110 valence electrons. The molecule has 1 aliphatic heterocycles. The van der Waals surface area contributed by atoms with Gasteiger partial charge in [0, 0.05) is 38.3 Å². The highest BCUT2D eigenvalue weighted by molar-refractivity contribution is 4.92. The van der Waals surface area contributed by atoms with E-state index in [2.05, 4.69) is 48.2 Å². The van der Waals surface area contributed by atoms with Crippen LogP contribution in [0.2, 0.25) is 0 Å². The van der Waals surface area contributed by atoms with Crippen LogP contribution in [0.4, 0.5) is 0 Å². The first-order valence-electron chi connectivity index (χ1n) is 7.87. The van der Waals surface area contributed by atoms with Gasteiger partial charge < -0.3 is 10.2 Å². The lowest BCUT2D eigenvalue weighted by Crippen LogP contribution is -2.57. The van der Waals surface area contributed by atoms with E-state index in [1.54, 1.807) is 0 Å². The zero-order valence-electron chi connectivity index (χ0n) is 13.0. The Labute approximate surface area is 119 Å². The number of hydrogen-bond donors (Lipinski definition) is 1. The van der Waals surface area contributed by atoms with Crippen molar-refractivity contribution >= 4 is 0 Å². The van der Waals surface area contributed by atoms with Gasteiger partial charge in [0.2, 0.25) is 0 Å². The van der Waals surface area contributed by atoms with Gasteiger partial charge in [0.15, 0.2) is 0 Å². The monoisotopic (exact) mass is 265 g/mol. The van der Waals surface area contributed by atoms with Crippen LogP contribution >= 0.6 is 0 Å². The Kier molecular flexibility index (Phi) is 5.43. The van der Waals surface area contributed by atoms with Crippen molar-refractivity contribution < 1.29 is 0 Å². The van der Waals surface area contributed by atoms with Crippen molar-refractivity contribution in [2.24, 2.45) is 5.92 Å².